The Hall–Kier alpha value is -1.44. The first kappa shape index (κ1) is 15.5. The smallest absolute Gasteiger partial charge is 0.228 e. The first-order chi connectivity index (χ1) is 10.3. The van der Waals surface area contributed by atoms with E-state index >= 15 is 0 Å². The second-order valence-electron chi connectivity index (χ2n) is 5.50. The largest absolute Gasteiger partial charge is 0.352 e. The van der Waals surface area contributed by atoms with Crippen molar-refractivity contribution < 1.29 is 4.79 Å². The van der Waals surface area contributed by atoms with Gasteiger partial charge in [-0.2, -0.15) is 0 Å². The fourth-order valence-electron chi connectivity index (χ4n) is 2.86. The highest BCUT2D eigenvalue weighted by atomic mass is 35.5. The monoisotopic (exact) mass is 339 g/mol. The molecule has 4 rings (SSSR count). The summed E-state index contributed by atoms with van der Waals surface area (Å²) < 4.78 is 1.14. The zero-order chi connectivity index (χ0) is 14.2. The lowest BCUT2D eigenvalue weighted by Gasteiger charge is -2.38. The highest BCUT2D eigenvalue weighted by Gasteiger charge is 2.31. The molecule has 2 aliphatic heterocycles. The third-order valence-corrected chi connectivity index (χ3v) is 5.15. The molecule has 0 aliphatic carbocycles. The van der Waals surface area contributed by atoms with Crippen LogP contribution >= 0.6 is 23.7 Å². The second kappa shape index (κ2) is 6.36. The van der Waals surface area contributed by atoms with E-state index in [0.717, 1.165) is 55.3 Å². The van der Waals surface area contributed by atoms with E-state index in [1.165, 1.54) is 0 Å². The Balaban J connectivity index is 0.00000144. The van der Waals surface area contributed by atoms with Gasteiger partial charge in [-0.3, -0.25) is 4.79 Å². The maximum absolute atomic E-state index is 12.2. The number of fused-ring (bicyclic) bond motifs is 1. The van der Waals surface area contributed by atoms with Crippen LogP contribution in [0.1, 0.15) is 0 Å². The first-order valence-electron chi connectivity index (χ1n) is 7.25. The van der Waals surface area contributed by atoms with Crippen molar-refractivity contribution in [1.82, 2.24) is 20.2 Å². The highest BCUT2D eigenvalue weighted by molar-refractivity contribution is 7.17. The zero-order valence-corrected chi connectivity index (χ0v) is 13.7. The van der Waals surface area contributed by atoms with Crippen molar-refractivity contribution in [3.05, 3.63) is 17.8 Å². The fourth-order valence-corrected chi connectivity index (χ4v) is 3.72. The normalized spacial score (nSPS) is 18.9. The van der Waals surface area contributed by atoms with Crippen LogP contribution in [0, 0.1) is 5.92 Å². The van der Waals surface area contributed by atoms with Gasteiger partial charge in [-0.1, -0.05) is 0 Å². The lowest BCUT2D eigenvalue weighted by atomic mass is 10.0. The van der Waals surface area contributed by atoms with Crippen LogP contribution in [0.25, 0.3) is 10.2 Å². The van der Waals surface area contributed by atoms with Gasteiger partial charge < -0.3 is 15.1 Å². The molecule has 2 aliphatic rings. The van der Waals surface area contributed by atoms with E-state index in [0.29, 0.717) is 5.91 Å². The lowest BCUT2D eigenvalue weighted by molar-refractivity contribution is -0.137. The first-order valence-corrected chi connectivity index (χ1v) is 8.13. The van der Waals surface area contributed by atoms with E-state index < -0.39 is 0 Å². The van der Waals surface area contributed by atoms with Crippen molar-refractivity contribution in [2.24, 2.45) is 5.92 Å². The van der Waals surface area contributed by atoms with Gasteiger partial charge in [0.05, 0.1) is 16.1 Å². The van der Waals surface area contributed by atoms with Gasteiger partial charge in [-0.15, -0.1) is 23.7 Å². The third kappa shape index (κ3) is 2.64. The average molecular weight is 340 g/mol. The number of piperazine rings is 1. The number of carbonyl (C=O) groups excluding carboxylic acids is 1. The van der Waals surface area contributed by atoms with Crippen LogP contribution in [-0.2, 0) is 4.79 Å². The van der Waals surface area contributed by atoms with Gasteiger partial charge in [0.15, 0.2) is 0 Å². The number of thiophene rings is 1. The number of nitrogens with zero attached hydrogens (tertiary/aromatic N) is 4. The molecular formula is C14H18ClN5OS. The molecule has 4 heterocycles. The van der Waals surface area contributed by atoms with Crippen molar-refractivity contribution in [2.45, 2.75) is 0 Å². The van der Waals surface area contributed by atoms with E-state index in [9.17, 15) is 4.79 Å². The van der Waals surface area contributed by atoms with Crippen LogP contribution in [-0.4, -0.2) is 60.0 Å². The number of anilines is 1. The molecule has 0 saturated carbocycles. The zero-order valence-electron chi connectivity index (χ0n) is 12.1. The maximum atomic E-state index is 12.2. The quantitative estimate of drug-likeness (QED) is 0.884. The summed E-state index contributed by atoms with van der Waals surface area (Å²) in [6.07, 6.45) is 1.63. The van der Waals surface area contributed by atoms with Gasteiger partial charge in [0.25, 0.3) is 0 Å². The number of halogens is 1. The molecule has 22 heavy (non-hydrogen) atoms. The maximum Gasteiger partial charge on any atom is 0.228 e. The number of amides is 1. The summed E-state index contributed by atoms with van der Waals surface area (Å²) >= 11 is 1.68. The van der Waals surface area contributed by atoms with Crippen LogP contribution in [0.4, 0.5) is 5.82 Å². The summed E-state index contributed by atoms with van der Waals surface area (Å²) in [6, 6.07) is 2.02. The average Bonchev–Trinajstić information content (AvgIpc) is 2.94. The Morgan fingerprint density at radius 2 is 2.00 bits per heavy atom. The Kier molecular flexibility index (Phi) is 4.46. The molecule has 1 amide bonds. The standard InChI is InChI=1S/C14H17N5OS.ClH/c20-14(10-7-15-8-10)19-4-2-18(3-5-19)13-12-11(1-6-21-12)16-9-17-13;/h1,6,9-10,15H,2-5,7-8H2;1H. The van der Waals surface area contributed by atoms with Crippen molar-refractivity contribution in [3.63, 3.8) is 0 Å². The van der Waals surface area contributed by atoms with Crippen LogP contribution in [0.15, 0.2) is 17.8 Å². The molecule has 8 heteroatoms. The SMILES string of the molecule is Cl.O=C(C1CNC1)N1CCN(c2ncnc3ccsc23)CC1. The van der Waals surface area contributed by atoms with E-state index in [1.807, 2.05) is 16.3 Å². The number of aromatic nitrogens is 2. The van der Waals surface area contributed by atoms with E-state index in [1.54, 1.807) is 17.7 Å². The van der Waals surface area contributed by atoms with Crippen molar-refractivity contribution in [3.8, 4) is 0 Å². The summed E-state index contributed by atoms with van der Waals surface area (Å²) in [5.74, 6) is 1.50. The molecule has 2 aromatic heterocycles. The van der Waals surface area contributed by atoms with Crippen LogP contribution in [0.5, 0.6) is 0 Å². The predicted octanol–water partition coefficient (Wildman–Crippen LogP) is 0.981. The number of hydrogen-bond donors (Lipinski definition) is 1. The summed E-state index contributed by atoms with van der Waals surface area (Å²) in [5.41, 5.74) is 1.00. The van der Waals surface area contributed by atoms with Gasteiger partial charge in [-0.05, 0) is 11.4 Å². The van der Waals surface area contributed by atoms with Crippen LogP contribution in [0.3, 0.4) is 0 Å². The van der Waals surface area contributed by atoms with E-state index in [4.69, 9.17) is 0 Å². The number of hydrogen-bond acceptors (Lipinski definition) is 6. The molecule has 0 unspecified atom stereocenters. The van der Waals surface area contributed by atoms with Gasteiger partial charge in [0.1, 0.15) is 12.1 Å². The third-order valence-electron chi connectivity index (χ3n) is 4.25. The van der Waals surface area contributed by atoms with Crippen molar-refractivity contribution >= 4 is 45.7 Å². The highest BCUT2D eigenvalue weighted by Crippen LogP contribution is 2.28. The molecular weight excluding hydrogens is 322 g/mol. The van der Waals surface area contributed by atoms with Crippen molar-refractivity contribution in [1.29, 1.82) is 0 Å². The fraction of sp³-hybridized carbons (Fsp3) is 0.500. The second-order valence-corrected chi connectivity index (χ2v) is 6.42. The minimum absolute atomic E-state index is 0. The molecule has 0 spiro atoms. The van der Waals surface area contributed by atoms with E-state index in [2.05, 4.69) is 20.2 Å². The Morgan fingerprint density at radius 1 is 1.23 bits per heavy atom. The molecule has 6 nitrogen and oxygen atoms in total. The van der Waals surface area contributed by atoms with Gasteiger partial charge in [0.2, 0.25) is 5.91 Å². The number of nitrogens with one attached hydrogen (secondary N) is 1. The molecule has 0 radical (unpaired) electrons. The van der Waals surface area contributed by atoms with Gasteiger partial charge in [-0.25, -0.2) is 9.97 Å². The van der Waals surface area contributed by atoms with Gasteiger partial charge in [0, 0.05) is 39.3 Å². The summed E-state index contributed by atoms with van der Waals surface area (Å²) in [7, 11) is 0. The Labute approximate surface area is 138 Å². The summed E-state index contributed by atoms with van der Waals surface area (Å²) in [5, 5.41) is 5.21. The van der Waals surface area contributed by atoms with Gasteiger partial charge >= 0.3 is 0 Å². The minimum Gasteiger partial charge on any atom is -0.352 e. The molecule has 0 aromatic carbocycles. The summed E-state index contributed by atoms with van der Waals surface area (Å²) in [4.78, 5) is 25.2. The van der Waals surface area contributed by atoms with Crippen molar-refractivity contribution in [2.75, 3.05) is 44.2 Å². The summed E-state index contributed by atoms with van der Waals surface area (Å²) in [6.45, 7) is 4.92. The van der Waals surface area contributed by atoms with Crippen LogP contribution in [0.2, 0.25) is 0 Å². The molecule has 1 N–H and O–H groups in total. The molecule has 0 atom stereocenters. The molecule has 2 fully saturated rings. The Bertz CT molecular complexity index is 666. The van der Waals surface area contributed by atoms with E-state index in [-0.39, 0.29) is 18.3 Å². The topological polar surface area (TPSA) is 61.4 Å². The predicted molar refractivity (Wildman–Crippen MR) is 89.8 cm³/mol. The molecule has 118 valence electrons. The lowest BCUT2D eigenvalue weighted by Crippen LogP contribution is -2.56. The molecule has 2 saturated heterocycles. The number of carbonyl (C=O) groups is 1. The van der Waals surface area contributed by atoms with Crippen LogP contribution < -0.4 is 10.2 Å². The molecule has 0 bridgehead atoms. The molecule has 2 aromatic rings. The number of rotatable bonds is 2. The minimum atomic E-state index is 0. The Morgan fingerprint density at radius 3 is 2.68 bits per heavy atom.